The zero-order valence-electron chi connectivity index (χ0n) is 14.9. The summed E-state index contributed by atoms with van der Waals surface area (Å²) >= 11 is 3.19. The summed E-state index contributed by atoms with van der Waals surface area (Å²) in [5.74, 6) is -0.0535. The lowest BCUT2D eigenvalue weighted by Gasteiger charge is -2.48. The Bertz CT molecular complexity index is 717. The van der Waals surface area contributed by atoms with Crippen LogP contribution >= 0.6 is 22.7 Å². The SMILES string of the molecule is O=C(NCC1(N2CCOCC2)CCCCC1)c1csc(-c2cccs2)n1. The fourth-order valence-corrected chi connectivity index (χ4v) is 5.69. The van der Waals surface area contributed by atoms with Crippen LogP contribution < -0.4 is 5.32 Å². The van der Waals surface area contributed by atoms with E-state index in [4.69, 9.17) is 4.74 Å². The van der Waals surface area contributed by atoms with Crippen molar-refractivity contribution in [3.8, 4) is 9.88 Å². The van der Waals surface area contributed by atoms with E-state index in [1.807, 2.05) is 22.9 Å². The number of hydrogen-bond donors (Lipinski definition) is 1. The van der Waals surface area contributed by atoms with Gasteiger partial charge in [0.15, 0.2) is 0 Å². The number of rotatable bonds is 5. The van der Waals surface area contributed by atoms with Gasteiger partial charge in [0.05, 0.1) is 18.1 Å². The fourth-order valence-electron chi connectivity index (χ4n) is 4.08. The zero-order chi connectivity index (χ0) is 17.8. The number of carbonyl (C=O) groups excluding carboxylic acids is 1. The van der Waals surface area contributed by atoms with E-state index in [9.17, 15) is 4.79 Å². The molecule has 140 valence electrons. The number of thiophene rings is 1. The monoisotopic (exact) mass is 391 g/mol. The van der Waals surface area contributed by atoms with Crippen molar-refractivity contribution in [3.05, 3.63) is 28.6 Å². The minimum absolute atomic E-state index is 0.0535. The van der Waals surface area contributed by atoms with Gasteiger partial charge < -0.3 is 10.1 Å². The molecule has 0 spiro atoms. The molecule has 5 nitrogen and oxygen atoms in total. The molecule has 1 saturated heterocycles. The van der Waals surface area contributed by atoms with Gasteiger partial charge in [0, 0.05) is 30.6 Å². The van der Waals surface area contributed by atoms with Gasteiger partial charge in [-0.25, -0.2) is 4.98 Å². The van der Waals surface area contributed by atoms with Gasteiger partial charge in [-0.05, 0) is 24.3 Å². The third-order valence-electron chi connectivity index (χ3n) is 5.51. The lowest BCUT2D eigenvalue weighted by atomic mass is 9.79. The van der Waals surface area contributed by atoms with Crippen molar-refractivity contribution in [2.45, 2.75) is 37.6 Å². The molecule has 2 aromatic heterocycles. The summed E-state index contributed by atoms with van der Waals surface area (Å²) in [5.41, 5.74) is 0.621. The number of nitrogens with one attached hydrogen (secondary N) is 1. The van der Waals surface area contributed by atoms with E-state index in [0.29, 0.717) is 12.2 Å². The number of thiazole rings is 1. The molecule has 2 aromatic rings. The van der Waals surface area contributed by atoms with Crippen LogP contribution in [-0.2, 0) is 4.74 Å². The van der Waals surface area contributed by atoms with Crippen LogP contribution in [0, 0.1) is 0 Å². The van der Waals surface area contributed by atoms with Crippen LogP contribution in [0.4, 0.5) is 0 Å². The van der Waals surface area contributed by atoms with Crippen LogP contribution in [0.3, 0.4) is 0 Å². The fraction of sp³-hybridized carbons (Fsp3) is 0.579. The summed E-state index contributed by atoms with van der Waals surface area (Å²) < 4.78 is 5.53. The predicted molar refractivity (Wildman–Crippen MR) is 106 cm³/mol. The molecule has 1 saturated carbocycles. The minimum atomic E-state index is -0.0535. The summed E-state index contributed by atoms with van der Waals surface area (Å²) in [4.78, 5) is 20.9. The highest BCUT2D eigenvalue weighted by atomic mass is 32.1. The maximum atomic E-state index is 12.7. The Morgan fingerprint density at radius 1 is 1.23 bits per heavy atom. The first-order valence-corrected chi connectivity index (χ1v) is 11.1. The van der Waals surface area contributed by atoms with Crippen molar-refractivity contribution in [3.63, 3.8) is 0 Å². The molecule has 26 heavy (non-hydrogen) atoms. The molecular weight excluding hydrogens is 366 g/mol. The molecule has 2 aliphatic rings. The zero-order valence-corrected chi connectivity index (χ0v) is 16.5. The van der Waals surface area contributed by atoms with Crippen LogP contribution in [-0.4, -0.2) is 54.2 Å². The first kappa shape index (κ1) is 18.1. The number of morpholine rings is 1. The Labute approximate surface area is 162 Å². The molecule has 7 heteroatoms. The number of ether oxygens (including phenoxy) is 1. The molecular formula is C19H25N3O2S2. The maximum absolute atomic E-state index is 12.7. The maximum Gasteiger partial charge on any atom is 0.270 e. The van der Waals surface area contributed by atoms with Gasteiger partial charge in [0.25, 0.3) is 5.91 Å². The topological polar surface area (TPSA) is 54.5 Å². The van der Waals surface area contributed by atoms with Gasteiger partial charge in [0.1, 0.15) is 10.7 Å². The van der Waals surface area contributed by atoms with E-state index in [-0.39, 0.29) is 11.4 Å². The number of hydrogen-bond acceptors (Lipinski definition) is 6. The second-order valence-electron chi connectivity index (χ2n) is 7.08. The number of nitrogens with zero attached hydrogens (tertiary/aromatic N) is 2. The Morgan fingerprint density at radius 3 is 2.77 bits per heavy atom. The highest BCUT2D eigenvalue weighted by Gasteiger charge is 2.38. The van der Waals surface area contributed by atoms with Crippen LogP contribution in [0.5, 0.6) is 0 Å². The van der Waals surface area contributed by atoms with Crippen molar-refractivity contribution >= 4 is 28.6 Å². The summed E-state index contributed by atoms with van der Waals surface area (Å²) in [5, 5.41) is 8.01. The molecule has 1 aliphatic heterocycles. The van der Waals surface area contributed by atoms with Crippen molar-refractivity contribution in [1.82, 2.24) is 15.2 Å². The molecule has 1 aliphatic carbocycles. The van der Waals surface area contributed by atoms with Crippen LogP contribution in [0.15, 0.2) is 22.9 Å². The average molecular weight is 392 g/mol. The summed E-state index contributed by atoms with van der Waals surface area (Å²) in [6.45, 7) is 4.24. The normalized spacial score (nSPS) is 20.8. The molecule has 0 unspecified atom stereocenters. The highest BCUT2D eigenvalue weighted by molar-refractivity contribution is 7.20. The number of aromatic nitrogens is 1. The van der Waals surface area contributed by atoms with E-state index in [1.54, 1.807) is 11.3 Å². The van der Waals surface area contributed by atoms with Gasteiger partial charge in [-0.1, -0.05) is 25.3 Å². The Morgan fingerprint density at radius 2 is 2.04 bits per heavy atom. The van der Waals surface area contributed by atoms with Gasteiger partial charge >= 0.3 is 0 Å². The van der Waals surface area contributed by atoms with Crippen molar-refractivity contribution in [2.75, 3.05) is 32.8 Å². The van der Waals surface area contributed by atoms with Crippen LogP contribution in [0.2, 0.25) is 0 Å². The number of carbonyl (C=O) groups is 1. The highest BCUT2D eigenvalue weighted by Crippen LogP contribution is 2.34. The van der Waals surface area contributed by atoms with Gasteiger partial charge in [-0.15, -0.1) is 22.7 Å². The standard InChI is InChI=1S/C19H25N3O2S2/c23-17(15-13-26-18(21-15)16-5-4-12-25-16)20-14-19(6-2-1-3-7-19)22-8-10-24-11-9-22/h4-5,12-13H,1-3,6-11,14H2,(H,20,23). The van der Waals surface area contributed by atoms with Gasteiger partial charge in [0.2, 0.25) is 0 Å². The predicted octanol–water partition coefficient (Wildman–Crippen LogP) is 3.64. The van der Waals surface area contributed by atoms with Crippen molar-refractivity contribution in [1.29, 1.82) is 0 Å². The molecule has 0 aromatic carbocycles. The Kier molecular flexibility index (Phi) is 5.69. The van der Waals surface area contributed by atoms with E-state index in [0.717, 1.165) is 49.0 Å². The summed E-state index contributed by atoms with van der Waals surface area (Å²) in [7, 11) is 0. The van der Waals surface area contributed by atoms with E-state index >= 15 is 0 Å². The molecule has 0 bridgehead atoms. The molecule has 3 heterocycles. The minimum Gasteiger partial charge on any atom is -0.379 e. The largest absolute Gasteiger partial charge is 0.379 e. The molecule has 1 N–H and O–H groups in total. The molecule has 0 radical (unpaired) electrons. The van der Waals surface area contributed by atoms with E-state index in [2.05, 4.69) is 15.2 Å². The molecule has 4 rings (SSSR count). The van der Waals surface area contributed by atoms with E-state index in [1.165, 1.54) is 30.6 Å². The average Bonchev–Trinajstić information content (AvgIpc) is 3.39. The van der Waals surface area contributed by atoms with Crippen molar-refractivity contribution in [2.24, 2.45) is 0 Å². The second-order valence-corrected chi connectivity index (χ2v) is 8.89. The smallest absolute Gasteiger partial charge is 0.270 e. The van der Waals surface area contributed by atoms with Crippen LogP contribution in [0.1, 0.15) is 42.6 Å². The summed E-state index contributed by atoms with van der Waals surface area (Å²) in [6.07, 6.45) is 6.10. The van der Waals surface area contributed by atoms with Crippen molar-refractivity contribution < 1.29 is 9.53 Å². The summed E-state index contributed by atoms with van der Waals surface area (Å²) in [6, 6.07) is 4.05. The third kappa shape index (κ3) is 3.86. The van der Waals surface area contributed by atoms with E-state index < -0.39 is 0 Å². The quantitative estimate of drug-likeness (QED) is 0.846. The Balaban J connectivity index is 1.43. The van der Waals surface area contributed by atoms with Gasteiger partial charge in [-0.2, -0.15) is 0 Å². The molecule has 1 amide bonds. The van der Waals surface area contributed by atoms with Gasteiger partial charge in [-0.3, -0.25) is 9.69 Å². The first-order valence-electron chi connectivity index (χ1n) is 9.37. The molecule has 2 fully saturated rings. The second kappa shape index (κ2) is 8.17. The lowest BCUT2D eigenvalue weighted by Crippen LogP contribution is -2.59. The third-order valence-corrected chi connectivity index (χ3v) is 7.39. The first-order chi connectivity index (χ1) is 12.8. The number of amides is 1. The van der Waals surface area contributed by atoms with Crippen LogP contribution in [0.25, 0.3) is 9.88 Å². The molecule has 0 atom stereocenters. The lowest BCUT2D eigenvalue weighted by molar-refractivity contribution is -0.0361. The Hall–Kier alpha value is -1.28.